The molecule has 1 aliphatic heterocycles. The normalized spacial score (nSPS) is 15.7. The monoisotopic (exact) mass is 369 g/mol. The summed E-state index contributed by atoms with van der Waals surface area (Å²) in [6, 6.07) is 8.49. The Morgan fingerprint density at radius 1 is 1.27 bits per heavy atom. The fraction of sp³-hybridized carbons (Fsp3) is 0.429. The summed E-state index contributed by atoms with van der Waals surface area (Å²) in [7, 11) is 0. The summed E-state index contributed by atoms with van der Waals surface area (Å²) in [6.07, 6.45) is 4.26. The van der Waals surface area contributed by atoms with Gasteiger partial charge in [-0.3, -0.25) is 9.69 Å². The highest BCUT2D eigenvalue weighted by Crippen LogP contribution is 2.24. The van der Waals surface area contributed by atoms with Crippen LogP contribution in [0.1, 0.15) is 42.7 Å². The molecule has 1 amide bonds. The molecular formula is C21H27N3OS. The number of likely N-dealkylation sites (tertiary alicyclic amines) is 1. The van der Waals surface area contributed by atoms with Crippen LogP contribution >= 0.6 is 11.3 Å². The number of hydrogen-bond donors (Lipinski definition) is 1. The molecule has 1 aromatic carbocycles. The Morgan fingerprint density at radius 2 is 1.96 bits per heavy atom. The van der Waals surface area contributed by atoms with Crippen LogP contribution in [-0.4, -0.2) is 41.5 Å². The average molecular weight is 370 g/mol. The summed E-state index contributed by atoms with van der Waals surface area (Å²) < 4.78 is 0. The van der Waals surface area contributed by atoms with Gasteiger partial charge >= 0.3 is 0 Å². The second-order valence-electron chi connectivity index (χ2n) is 7.23. The predicted octanol–water partition coefficient (Wildman–Crippen LogP) is 4.28. The maximum Gasteiger partial charge on any atom is 0.270 e. The van der Waals surface area contributed by atoms with Crippen LogP contribution in [0.25, 0.3) is 10.6 Å². The lowest BCUT2D eigenvalue weighted by atomic mass is 10.0. The number of allylic oxidation sites excluding steroid dienone is 1. The van der Waals surface area contributed by atoms with Crippen LogP contribution in [0, 0.1) is 6.92 Å². The molecule has 0 spiro atoms. The van der Waals surface area contributed by atoms with Crippen molar-refractivity contribution in [2.75, 3.05) is 19.6 Å². The first-order valence-electron chi connectivity index (χ1n) is 9.20. The molecule has 0 unspecified atom stereocenters. The first-order valence-corrected chi connectivity index (χ1v) is 10.1. The highest BCUT2D eigenvalue weighted by atomic mass is 32.1. The number of piperidine rings is 1. The zero-order valence-electron chi connectivity index (χ0n) is 15.8. The quantitative estimate of drug-likeness (QED) is 0.800. The highest BCUT2D eigenvalue weighted by molar-refractivity contribution is 7.13. The lowest BCUT2D eigenvalue weighted by molar-refractivity contribution is 0.0910. The Kier molecular flexibility index (Phi) is 6.22. The van der Waals surface area contributed by atoms with E-state index < -0.39 is 0 Å². The van der Waals surface area contributed by atoms with Gasteiger partial charge in [-0.1, -0.05) is 41.5 Å². The van der Waals surface area contributed by atoms with Crippen LogP contribution in [-0.2, 0) is 0 Å². The molecule has 1 fully saturated rings. The molecule has 0 saturated carbocycles. The number of hydrogen-bond acceptors (Lipinski definition) is 4. The van der Waals surface area contributed by atoms with E-state index in [-0.39, 0.29) is 11.9 Å². The summed E-state index contributed by atoms with van der Waals surface area (Å²) in [5, 5.41) is 5.91. The van der Waals surface area contributed by atoms with E-state index in [2.05, 4.69) is 66.3 Å². The van der Waals surface area contributed by atoms with E-state index in [1.165, 1.54) is 22.5 Å². The van der Waals surface area contributed by atoms with E-state index in [1.807, 2.05) is 5.38 Å². The summed E-state index contributed by atoms with van der Waals surface area (Å²) >= 11 is 1.52. The summed E-state index contributed by atoms with van der Waals surface area (Å²) in [6.45, 7) is 9.39. The number of amides is 1. The number of rotatable bonds is 5. The molecule has 1 aliphatic rings. The Labute approximate surface area is 160 Å². The lowest BCUT2D eigenvalue weighted by Gasteiger charge is -2.31. The number of aryl methyl sites for hydroxylation is 1. The second-order valence-corrected chi connectivity index (χ2v) is 8.09. The molecule has 1 N–H and O–H groups in total. The summed E-state index contributed by atoms with van der Waals surface area (Å²) in [5.41, 5.74) is 4.16. The van der Waals surface area contributed by atoms with Crippen LogP contribution in [0.4, 0.5) is 0 Å². The number of aromatic nitrogens is 1. The van der Waals surface area contributed by atoms with Gasteiger partial charge in [-0.15, -0.1) is 11.3 Å². The van der Waals surface area contributed by atoms with Gasteiger partial charge in [-0.2, -0.15) is 0 Å². The Hall–Kier alpha value is -1.98. The first-order chi connectivity index (χ1) is 12.5. The molecule has 5 heteroatoms. The molecule has 3 rings (SSSR count). The Morgan fingerprint density at radius 3 is 2.62 bits per heavy atom. The predicted molar refractivity (Wildman–Crippen MR) is 109 cm³/mol. The van der Waals surface area contributed by atoms with Crippen molar-refractivity contribution in [1.82, 2.24) is 15.2 Å². The van der Waals surface area contributed by atoms with E-state index >= 15 is 0 Å². The lowest BCUT2D eigenvalue weighted by Crippen LogP contribution is -2.44. The SMILES string of the molecule is CC(C)=CCN1CCC(NC(=O)c2csc(-c3ccc(C)cc3)n2)CC1. The van der Waals surface area contributed by atoms with Gasteiger partial charge in [0.2, 0.25) is 0 Å². The topological polar surface area (TPSA) is 45.2 Å². The van der Waals surface area contributed by atoms with E-state index in [0.29, 0.717) is 5.69 Å². The minimum Gasteiger partial charge on any atom is -0.348 e. The van der Waals surface area contributed by atoms with Crippen molar-refractivity contribution < 1.29 is 4.79 Å². The third kappa shape index (κ3) is 5.02. The zero-order chi connectivity index (χ0) is 18.5. The van der Waals surface area contributed by atoms with Gasteiger partial charge in [-0.25, -0.2) is 4.98 Å². The zero-order valence-corrected chi connectivity index (χ0v) is 16.6. The average Bonchev–Trinajstić information content (AvgIpc) is 3.12. The molecular weight excluding hydrogens is 342 g/mol. The number of carbonyl (C=O) groups excluding carboxylic acids is 1. The van der Waals surface area contributed by atoms with Gasteiger partial charge in [0.05, 0.1) is 0 Å². The fourth-order valence-corrected chi connectivity index (χ4v) is 3.84. The number of thiazole rings is 1. The van der Waals surface area contributed by atoms with Crippen molar-refractivity contribution in [1.29, 1.82) is 0 Å². The van der Waals surface area contributed by atoms with Crippen molar-refractivity contribution >= 4 is 17.2 Å². The van der Waals surface area contributed by atoms with Crippen LogP contribution in [0.15, 0.2) is 41.3 Å². The maximum atomic E-state index is 12.5. The van der Waals surface area contributed by atoms with Gasteiger partial charge in [0, 0.05) is 36.6 Å². The standard InChI is InChI=1S/C21H27N3OS/c1-15(2)8-11-24-12-9-18(10-13-24)22-20(25)19-14-26-21(23-19)17-6-4-16(3)5-7-17/h4-8,14,18H,9-13H2,1-3H3,(H,22,25). The summed E-state index contributed by atoms with van der Waals surface area (Å²) in [5.74, 6) is -0.0534. The van der Waals surface area contributed by atoms with Crippen LogP contribution < -0.4 is 5.32 Å². The minimum absolute atomic E-state index is 0.0534. The largest absolute Gasteiger partial charge is 0.348 e. The van der Waals surface area contributed by atoms with Crippen molar-refractivity contribution in [3.8, 4) is 10.6 Å². The molecule has 26 heavy (non-hydrogen) atoms. The Balaban J connectivity index is 1.53. The van der Waals surface area contributed by atoms with Gasteiger partial charge in [0.15, 0.2) is 0 Å². The molecule has 0 bridgehead atoms. The molecule has 0 aliphatic carbocycles. The third-order valence-corrected chi connectivity index (χ3v) is 5.61. The maximum absolute atomic E-state index is 12.5. The summed E-state index contributed by atoms with van der Waals surface area (Å²) in [4.78, 5) is 19.5. The highest BCUT2D eigenvalue weighted by Gasteiger charge is 2.21. The molecule has 1 saturated heterocycles. The first kappa shape index (κ1) is 18.8. The van der Waals surface area contributed by atoms with Crippen molar-refractivity contribution in [3.63, 3.8) is 0 Å². The number of nitrogens with one attached hydrogen (secondary N) is 1. The van der Waals surface area contributed by atoms with Crippen LogP contribution in [0.5, 0.6) is 0 Å². The van der Waals surface area contributed by atoms with E-state index in [1.54, 1.807) is 0 Å². The van der Waals surface area contributed by atoms with Crippen molar-refractivity contribution in [2.24, 2.45) is 0 Å². The molecule has 0 atom stereocenters. The molecule has 2 aromatic rings. The molecule has 138 valence electrons. The van der Waals surface area contributed by atoms with E-state index in [9.17, 15) is 4.79 Å². The fourth-order valence-electron chi connectivity index (χ4n) is 3.04. The van der Waals surface area contributed by atoms with Gasteiger partial charge < -0.3 is 5.32 Å². The molecule has 1 aromatic heterocycles. The van der Waals surface area contributed by atoms with Gasteiger partial charge in [0.1, 0.15) is 10.7 Å². The number of nitrogens with zero attached hydrogens (tertiary/aromatic N) is 2. The second kappa shape index (κ2) is 8.60. The van der Waals surface area contributed by atoms with E-state index in [4.69, 9.17) is 0 Å². The van der Waals surface area contributed by atoms with Gasteiger partial charge in [-0.05, 0) is 33.6 Å². The van der Waals surface area contributed by atoms with Crippen LogP contribution in [0.2, 0.25) is 0 Å². The van der Waals surface area contributed by atoms with E-state index in [0.717, 1.165) is 43.0 Å². The smallest absolute Gasteiger partial charge is 0.270 e. The van der Waals surface area contributed by atoms with Crippen LogP contribution in [0.3, 0.4) is 0 Å². The molecule has 2 heterocycles. The molecule has 4 nitrogen and oxygen atoms in total. The number of carbonyl (C=O) groups is 1. The van der Waals surface area contributed by atoms with Crippen molar-refractivity contribution in [2.45, 2.75) is 39.7 Å². The van der Waals surface area contributed by atoms with Gasteiger partial charge in [0.25, 0.3) is 5.91 Å². The third-order valence-electron chi connectivity index (χ3n) is 4.72. The minimum atomic E-state index is -0.0534. The number of benzene rings is 1. The Bertz CT molecular complexity index is 767. The van der Waals surface area contributed by atoms with Crippen molar-refractivity contribution in [3.05, 3.63) is 52.6 Å². The molecule has 0 radical (unpaired) electrons.